The van der Waals surface area contributed by atoms with Gasteiger partial charge in [0.15, 0.2) is 0 Å². The number of nitrogen functional groups attached to an aromatic ring is 1. The third kappa shape index (κ3) is 4.15. The standard InChI is InChI=1S/C16H21FN6O/c17-11-4-6-12(7-5-11)19-16-21-14(20-15(18)22-16)9-23-8-2-1-3-13(23)10-24/h4-7,13,24H,1-3,8-10H2,(H3,18,19,20,21,22). The fourth-order valence-corrected chi connectivity index (χ4v) is 2.88. The van der Waals surface area contributed by atoms with E-state index in [0.717, 1.165) is 25.8 Å². The minimum absolute atomic E-state index is 0.126. The molecule has 0 bridgehead atoms. The van der Waals surface area contributed by atoms with Crippen LogP contribution in [0.1, 0.15) is 25.1 Å². The Morgan fingerprint density at radius 1 is 1.21 bits per heavy atom. The summed E-state index contributed by atoms with van der Waals surface area (Å²) in [5.41, 5.74) is 6.45. The molecular formula is C16H21FN6O. The molecule has 3 rings (SSSR count). The van der Waals surface area contributed by atoms with Gasteiger partial charge in [-0.3, -0.25) is 4.90 Å². The second-order valence-electron chi connectivity index (χ2n) is 5.87. The van der Waals surface area contributed by atoms with Gasteiger partial charge in [0.2, 0.25) is 11.9 Å². The molecule has 1 saturated heterocycles. The Hall–Kier alpha value is -2.32. The van der Waals surface area contributed by atoms with Crippen molar-refractivity contribution in [1.29, 1.82) is 0 Å². The van der Waals surface area contributed by atoms with Gasteiger partial charge >= 0.3 is 0 Å². The molecule has 1 aromatic carbocycles. The second kappa shape index (κ2) is 7.50. The van der Waals surface area contributed by atoms with Crippen molar-refractivity contribution >= 4 is 17.6 Å². The number of aliphatic hydroxyl groups is 1. The number of hydrogen-bond donors (Lipinski definition) is 3. The van der Waals surface area contributed by atoms with Gasteiger partial charge in [0.25, 0.3) is 0 Å². The predicted molar refractivity (Wildman–Crippen MR) is 89.1 cm³/mol. The van der Waals surface area contributed by atoms with E-state index in [1.807, 2.05) is 0 Å². The van der Waals surface area contributed by atoms with Crippen LogP contribution in [0.4, 0.5) is 22.0 Å². The first-order valence-electron chi connectivity index (χ1n) is 8.02. The summed E-state index contributed by atoms with van der Waals surface area (Å²) in [7, 11) is 0. The molecule has 1 aromatic heterocycles. The zero-order valence-corrected chi connectivity index (χ0v) is 13.3. The Kier molecular flexibility index (Phi) is 5.17. The van der Waals surface area contributed by atoms with Gasteiger partial charge in [0, 0.05) is 11.7 Å². The van der Waals surface area contributed by atoms with Crippen LogP contribution >= 0.6 is 0 Å². The Morgan fingerprint density at radius 3 is 2.75 bits per heavy atom. The zero-order valence-electron chi connectivity index (χ0n) is 13.3. The van der Waals surface area contributed by atoms with Crippen LogP contribution < -0.4 is 11.1 Å². The number of hydrogen-bond acceptors (Lipinski definition) is 7. The van der Waals surface area contributed by atoms with Crippen LogP contribution in [0.5, 0.6) is 0 Å². The molecule has 0 spiro atoms. The number of halogens is 1. The van der Waals surface area contributed by atoms with Crippen LogP contribution in [-0.2, 0) is 6.54 Å². The molecule has 8 heteroatoms. The molecule has 1 fully saturated rings. The first kappa shape index (κ1) is 16.5. The molecule has 1 aliphatic rings. The van der Waals surface area contributed by atoms with Gasteiger partial charge in [-0.05, 0) is 43.7 Å². The summed E-state index contributed by atoms with van der Waals surface area (Å²) in [6.07, 6.45) is 3.19. The number of nitrogens with zero attached hydrogens (tertiary/aromatic N) is 4. The topological polar surface area (TPSA) is 100 Å². The lowest BCUT2D eigenvalue weighted by molar-refractivity contribution is 0.0819. The maximum absolute atomic E-state index is 13.0. The molecule has 1 atom stereocenters. The van der Waals surface area contributed by atoms with Gasteiger partial charge < -0.3 is 16.2 Å². The van der Waals surface area contributed by atoms with Crippen LogP contribution in [0.3, 0.4) is 0 Å². The molecule has 0 aliphatic carbocycles. The van der Waals surface area contributed by atoms with Gasteiger partial charge in [-0.1, -0.05) is 6.42 Å². The van der Waals surface area contributed by atoms with Gasteiger partial charge in [0.1, 0.15) is 11.6 Å². The lowest BCUT2D eigenvalue weighted by Gasteiger charge is -2.33. The summed E-state index contributed by atoms with van der Waals surface area (Å²) in [6.45, 7) is 1.54. The highest BCUT2D eigenvalue weighted by Crippen LogP contribution is 2.19. The van der Waals surface area contributed by atoms with Crippen molar-refractivity contribution in [2.24, 2.45) is 0 Å². The molecular weight excluding hydrogens is 311 g/mol. The second-order valence-corrected chi connectivity index (χ2v) is 5.87. The van der Waals surface area contributed by atoms with E-state index in [-0.39, 0.29) is 24.4 Å². The van der Waals surface area contributed by atoms with Gasteiger partial charge in [-0.15, -0.1) is 0 Å². The zero-order chi connectivity index (χ0) is 16.9. The van der Waals surface area contributed by atoms with E-state index in [1.165, 1.54) is 12.1 Å². The van der Waals surface area contributed by atoms with Crippen LogP contribution in [0.15, 0.2) is 24.3 Å². The average molecular weight is 332 g/mol. The highest BCUT2D eigenvalue weighted by Gasteiger charge is 2.22. The Balaban J connectivity index is 1.74. The maximum Gasteiger partial charge on any atom is 0.232 e. The van der Waals surface area contributed by atoms with Gasteiger partial charge in [-0.2, -0.15) is 15.0 Å². The van der Waals surface area contributed by atoms with Crippen LogP contribution in [-0.4, -0.2) is 44.2 Å². The summed E-state index contributed by atoms with van der Waals surface area (Å²) in [5, 5.41) is 12.5. The number of anilines is 3. The summed E-state index contributed by atoms with van der Waals surface area (Å²) < 4.78 is 13.0. The number of nitrogens with one attached hydrogen (secondary N) is 1. The van der Waals surface area contributed by atoms with Gasteiger partial charge in [-0.25, -0.2) is 4.39 Å². The molecule has 1 unspecified atom stereocenters. The Morgan fingerprint density at radius 2 is 2.00 bits per heavy atom. The number of benzene rings is 1. The minimum atomic E-state index is -0.309. The lowest BCUT2D eigenvalue weighted by Crippen LogP contribution is -2.41. The molecule has 128 valence electrons. The molecule has 24 heavy (non-hydrogen) atoms. The molecule has 2 heterocycles. The van der Waals surface area contributed by atoms with E-state index in [0.29, 0.717) is 24.0 Å². The molecule has 4 N–H and O–H groups in total. The number of aliphatic hydroxyl groups excluding tert-OH is 1. The van der Waals surface area contributed by atoms with E-state index >= 15 is 0 Å². The Labute approximate surface area is 139 Å². The number of rotatable bonds is 5. The van der Waals surface area contributed by atoms with Crippen molar-refractivity contribution in [3.05, 3.63) is 35.9 Å². The lowest BCUT2D eigenvalue weighted by atomic mass is 10.0. The van der Waals surface area contributed by atoms with Crippen molar-refractivity contribution in [3.8, 4) is 0 Å². The summed E-state index contributed by atoms with van der Waals surface area (Å²) >= 11 is 0. The van der Waals surface area contributed by atoms with E-state index in [2.05, 4.69) is 25.2 Å². The molecule has 1 aliphatic heterocycles. The SMILES string of the molecule is Nc1nc(CN2CCCCC2CO)nc(Nc2ccc(F)cc2)n1. The number of piperidine rings is 1. The fraction of sp³-hybridized carbons (Fsp3) is 0.438. The summed E-state index contributed by atoms with van der Waals surface area (Å²) in [6, 6.07) is 6.04. The number of nitrogens with two attached hydrogens (primary N) is 1. The van der Waals surface area contributed by atoms with Crippen LogP contribution in [0.2, 0.25) is 0 Å². The van der Waals surface area contributed by atoms with Crippen molar-refractivity contribution in [2.75, 3.05) is 24.2 Å². The molecule has 0 amide bonds. The molecule has 2 aromatic rings. The van der Waals surface area contributed by atoms with Crippen molar-refractivity contribution in [3.63, 3.8) is 0 Å². The Bertz CT molecular complexity index is 681. The first-order chi connectivity index (χ1) is 11.6. The largest absolute Gasteiger partial charge is 0.395 e. The van der Waals surface area contributed by atoms with E-state index in [1.54, 1.807) is 12.1 Å². The fourth-order valence-electron chi connectivity index (χ4n) is 2.88. The number of likely N-dealkylation sites (tertiary alicyclic amines) is 1. The molecule has 0 radical (unpaired) electrons. The van der Waals surface area contributed by atoms with Crippen molar-refractivity contribution < 1.29 is 9.50 Å². The normalized spacial score (nSPS) is 18.5. The quantitative estimate of drug-likeness (QED) is 0.766. The molecule has 0 saturated carbocycles. The third-order valence-corrected chi connectivity index (χ3v) is 4.10. The average Bonchev–Trinajstić information content (AvgIpc) is 2.57. The summed E-state index contributed by atoms with van der Waals surface area (Å²) in [5.74, 6) is 0.688. The third-order valence-electron chi connectivity index (χ3n) is 4.10. The van der Waals surface area contributed by atoms with Crippen molar-refractivity contribution in [2.45, 2.75) is 31.8 Å². The monoisotopic (exact) mass is 332 g/mol. The highest BCUT2D eigenvalue weighted by atomic mass is 19.1. The minimum Gasteiger partial charge on any atom is -0.395 e. The first-order valence-corrected chi connectivity index (χ1v) is 8.02. The van der Waals surface area contributed by atoms with E-state index < -0.39 is 0 Å². The summed E-state index contributed by atoms with van der Waals surface area (Å²) in [4.78, 5) is 14.8. The van der Waals surface area contributed by atoms with Crippen LogP contribution in [0.25, 0.3) is 0 Å². The predicted octanol–water partition coefficient (Wildman–Crippen LogP) is 1.68. The smallest absolute Gasteiger partial charge is 0.232 e. The van der Waals surface area contributed by atoms with Crippen molar-refractivity contribution in [1.82, 2.24) is 19.9 Å². The number of aromatic nitrogens is 3. The highest BCUT2D eigenvalue weighted by molar-refractivity contribution is 5.53. The maximum atomic E-state index is 13.0. The van der Waals surface area contributed by atoms with E-state index in [9.17, 15) is 9.50 Å². The van der Waals surface area contributed by atoms with Gasteiger partial charge in [0.05, 0.1) is 13.2 Å². The molecule has 7 nitrogen and oxygen atoms in total. The van der Waals surface area contributed by atoms with E-state index in [4.69, 9.17) is 5.73 Å². The van der Waals surface area contributed by atoms with Crippen LogP contribution in [0, 0.1) is 5.82 Å².